The fraction of sp³-hybridized carbons (Fsp3) is 0.964. The van der Waals surface area contributed by atoms with Crippen molar-refractivity contribution in [1.29, 1.82) is 0 Å². The minimum absolute atomic E-state index is 0.0393. The Bertz CT molecular complexity index is 430. The van der Waals surface area contributed by atoms with E-state index in [9.17, 15) is 20.1 Å². The van der Waals surface area contributed by atoms with E-state index in [1.807, 2.05) is 0 Å². The standard InChI is InChI=1S/C28H57NO4/c1-3-5-7-9-10-11-12-13-14-15-16-18-20-22-25(31)27(28(29)33)26(32)23-24(30)21-19-17-8-6-4-2/h24-25,27-28,30-31,33H,3-23,29H2,1-2H3/t24?,25-,27-,28?/m1/s1. The monoisotopic (exact) mass is 471 g/mol. The summed E-state index contributed by atoms with van der Waals surface area (Å²) in [6, 6.07) is 0. The van der Waals surface area contributed by atoms with Crippen LogP contribution >= 0.6 is 0 Å². The lowest BCUT2D eigenvalue weighted by Crippen LogP contribution is -2.44. The third-order valence-electron chi connectivity index (χ3n) is 6.84. The van der Waals surface area contributed by atoms with Gasteiger partial charge in [-0.05, 0) is 12.8 Å². The summed E-state index contributed by atoms with van der Waals surface area (Å²) in [5.74, 6) is -1.33. The second-order valence-electron chi connectivity index (χ2n) is 10.1. The summed E-state index contributed by atoms with van der Waals surface area (Å²) in [5, 5.41) is 30.5. The van der Waals surface area contributed by atoms with Crippen LogP contribution < -0.4 is 5.73 Å². The highest BCUT2D eigenvalue weighted by Gasteiger charge is 2.32. The number of aliphatic hydroxyl groups excluding tert-OH is 3. The van der Waals surface area contributed by atoms with Crippen LogP contribution in [0.4, 0.5) is 0 Å². The molecule has 0 radical (unpaired) electrons. The van der Waals surface area contributed by atoms with Crippen LogP contribution in [0.3, 0.4) is 0 Å². The first-order valence-corrected chi connectivity index (χ1v) is 14.3. The number of ketones is 1. The molecule has 198 valence electrons. The summed E-state index contributed by atoms with van der Waals surface area (Å²) in [6.07, 6.45) is 19.8. The van der Waals surface area contributed by atoms with Gasteiger partial charge < -0.3 is 21.1 Å². The molecule has 0 saturated heterocycles. The van der Waals surface area contributed by atoms with Gasteiger partial charge >= 0.3 is 0 Å². The molecule has 0 saturated carbocycles. The lowest BCUT2D eigenvalue weighted by Gasteiger charge is -2.25. The number of rotatable bonds is 25. The summed E-state index contributed by atoms with van der Waals surface area (Å²) in [7, 11) is 0. The third kappa shape index (κ3) is 19.5. The summed E-state index contributed by atoms with van der Waals surface area (Å²) in [4.78, 5) is 12.5. The molecule has 0 aliphatic carbocycles. The third-order valence-corrected chi connectivity index (χ3v) is 6.84. The molecule has 2 unspecified atom stereocenters. The molecule has 0 rings (SSSR count). The van der Waals surface area contributed by atoms with E-state index in [0.29, 0.717) is 12.8 Å². The maximum atomic E-state index is 12.5. The van der Waals surface area contributed by atoms with Crippen LogP contribution in [0.2, 0.25) is 0 Å². The highest BCUT2D eigenvalue weighted by Crippen LogP contribution is 2.20. The van der Waals surface area contributed by atoms with Crippen molar-refractivity contribution in [2.75, 3.05) is 0 Å². The average Bonchev–Trinajstić information content (AvgIpc) is 2.76. The van der Waals surface area contributed by atoms with Gasteiger partial charge in [0.25, 0.3) is 0 Å². The first kappa shape index (κ1) is 32.5. The van der Waals surface area contributed by atoms with E-state index >= 15 is 0 Å². The molecule has 4 atom stereocenters. The minimum atomic E-state index is -1.38. The molecule has 5 N–H and O–H groups in total. The van der Waals surface area contributed by atoms with E-state index in [1.165, 1.54) is 77.0 Å². The van der Waals surface area contributed by atoms with Crippen molar-refractivity contribution in [1.82, 2.24) is 0 Å². The van der Waals surface area contributed by atoms with E-state index in [-0.39, 0.29) is 12.2 Å². The number of carbonyl (C=O) groups excluding carboxylic acids is 1. The van der Waals surface area contributed by atoms with E-state index in [2.05, 4.69) is 13.8 Å². The Hall–Kier alpha value is -0.490. The minimum Gasteiger partial charge on any atom is -0.393 e. The van der Waals surface area contributed by atoms with Crippen LogP contribution in [0.5, 0.6) is 0 Å². The van der Waals surface area contributed by atoms with Gasteiger partial charge in [-0.1, -0.05) is 129 Å². The van der Waals surface area contributed by atoms with E-state index in [4.69, 9.17) is 5.73 Å². The number of hydrogen-bond acceptors (Lipinski definition) is 5. The molecule has 0 aromatic carbocycles. The number of aliphatic hydroxyl groups is 3. The van der Waals surface area contributed by atoms with Crippen molar-refractivity contribution in [2.24, 2.45) is 11.7 Å². The first-order chi connectivity index (χ1) is 15.9. The SMILES string of the molecule is CCCCCCCCCCCCCCC[C@@H](O)[C@H](C(=O)CC(O)CCCCCCC)C(N)O. The summed E-state index contributed by atoms with van der Waals surface area (Å²) >= 11 is 0. The quantitative estimate of drug-likeness (QED) is 0.0910. The molecule has 0 fully saturated rings. The Morgan fingerprint density at radius 1 is 0.606 bits per heavy atom. The molecular formula is C28H57NO4. The summed E-state index contributed by atoms with van der Waals surface area (Å²) in [5.41, 5.74) is 5.61. The largest absolute Gasteiger partial charge is 0.393 e. The highest BCUT2D eigenvalue weighted by molar-refractivity contribution is 5.82. The van der Waals surface area contributed by atoms with Gasteiger partial charge in [0, 0.05) is 6.42 Å². The second-order valence-corrected chi connectivity index (χ2v) is 10.1. The van der Waals surface area contributed by atoms with Crippen LogP contribution in [0.15, 0.2) is 0 Å². The van der Waals surface area contributed by atoms with E-state index in [1.54, 1.807) is 0 Å². The highest BCUT2D eigenvalue weighted by atomic mass is 16.3. The summed E-state index contributed by atoms with van der Waals surface area (Å²) < 4.78 is 0. The van der Waals surface area contributed by atoms with Gasteiger partial charge in [-0.15, -0.1) is 0 Å². The molecule has 0 heterocycles. The van der Waals surface area contributed by atoms with Crippen molar-refractivity contribution in [3.63, 3.8) is 0 Å². The Labute approximate surface area is 204 Å². The topological polar surface area (TPSA) is 104 Å². The van der Waals surface area contributed by atoms with Gasteiger partial charge in [0.1, 0.15) is 12.0 Å². The van der Waals surface area contributed by atoms with Crippen molar-refractivity contribution in [2.45, 2.75) is 167 Å². The van der Waals surface area contributed by atoms with Gasteiger partial charge in [0.15, 0.2) is 0 Å². The van der Waals surface area contributed by atoms with Crippen LogP contribution in [0, 0.1) is 5.92 Å². The molecule has 0 aliphatic rings. The Balaban J connectivity index is 3.88. The van der Waals surface area contributed by atoms with Crippen LogP contribution in [0.1, 0.15) is 149 Å². The average molecular weight is 472 g/mol. The predicted molar refractivity (Wildman–Crippen MR) is 139 cm³/mol. The van der Waals surface area contributed by atoms with Gasteiger partial charge in [-0.2, -0.15) is 0 Å². The Kier molecular flexibility index (Phi) is 22.9. The lowest BCUT2D eigenvalue weighted by atomic mass is 9.88. The van der Waals surface area contributed by atoms with Gasteiger partial charge in [-0.25, -0.2) is 0 Å². The van der Waals surface area contributed by atoms with Crippen LogP contribution in [0.25, 0.3) is 0 Å². The zero-order valence-corrected chi connectivity index (χ0v) is 22.0. The van der Waals surface area contributed by atoms with Crippen LogP contribution in [-0.2, 0) is 4.79 Å². The van der Waals surface area contributed by atoms with Crippen LogP contribution in [-0.4, -0.2) is 39.5 Å². The van der Waals surface area contributed by atoms with Crippen molar-refractivity contribution in [3.8, 4) is 0 Å². The number of carbonyl (C=O) groups is 1. The number of Topliss-reactive ketones (excluding diaryl/α,β-unsaturated/α-hetero) is 1. The first-order valence-electron chi connectivity index (χ1n) is 14.3. The normalized spacial score (nSPS) is 15.3. The molecule has 0 aromatic heterocycles. The predicted octanol–water partition coefficient (Wildman–Crippen LogP) is 6.40. The molecule has 5 heteroatoms. The molecule has 0 aromatic rings. The number of unbranched alkanes of at least 4 members (excludes halogenated alkanes) is 16. The Morgan fingerprint density at radius 3 is 1.36 bits per heavy atom. The maximum Gasteiger partial charge on any atom is 0.145 e. The molecular weight excluding hydrogens is 414 g/mol. The molecule has 33 heavy (non-hydrogen) atoms. The smallest absolute Gasteiger partial charge is 0.145 e. The molecule has 0 amide bonds. The van der Waals surface area contributed by atoms with Gasteiger partial charge in [-0.3, -0.25) is 4.79 Å². The van der Waals surface area contributed by atoms with Crippen molar-refractivity contribution in [3.05, 3.63) is 0 Å². The Morgan fingerprint density at radius 2 is 0.970 bits per heavy atom. The zero-order chi connectivity index (χ0) is 24.7. The van der Waals surface area contributed by atoms with Gasteiger partial charge in [0.2, 0.25) is 0 Å². The van der Waals surface area contributed by atoms with E-state index < -0.39 is 24.4 Å². The number of nitrogens with two attached hydrogens (primary N) is 1. The fourth-order valence-corrected chi connectivity index (χ4v) is 4.64. The maximum absolute atomic E-state index is 12.5. The van der Waals surface area contributed by atoms with E-state index in [0.717, 1.165) is 38.5 Å². The second kappa shape index (κ2) is 23.3. The summed E-state index contributed by atoms with van der Waals surface area (Å²) in [6.45, 7) is 4.42. The number of hydrogen-bond donors (Lipinski definition) is 4. The molecule has 5 nitrogen and oxygen atoms in total. The molecule has 0 aliphatic heterocycles. The molecule has 0 bridgehead atoms. The zero-order valence-electron chi connectivity index (χ0n) is 22.0. The fourth-order valence-electron chi connectivity index (χ4n) is 4.64. The van der Waals surface area contributed by atoms with Gasteiger partial charge in [0.05, 0.1) is 18.1 Å². The van der Waals surface area contributed by atoms with Crippen molar-refractivity contribution < 1.29 is 20.1 Å². The lowest BCUT2D eigenvalue weighted by molar-refractivity contribution is -0.133. The van der Waals surface area contributed by atoms with Crippen molar-refractivity contribution >= 4 is 5.78 Å². The molecule has 0 spiro atoms.